The van der Waals surface area contributed by atoms with Gasteiger partial charge in [-0.1, -0.05) is 19.1 Å². The fourth-order valence-corrected chi connectivity index (χ4v) is 3.14. The van der Waals surface area contributed by atoms with E-state index in [-0.39, 0.29) is 18.0 Å². The minimum Gasteiger partial charge on any atom is -0.448 e. The standard InChI is InChI=1S/C20H27N5O3/c1-14(12-25-16(3)10-15(2)23-25)11-21-19(26)22-18-6-4-17(5-7-18)13-24-8-9-28-20(24)27/h4-7,10,14H,8-9,11-13H2,1-3H3,(H2,21,22,26). The highest BCUT2D eigenvalue weighted by molar-refractivity contribution is 5.89. The Morgan fingerprint density at radius 1 is 1.29 bits per heavy atom. The number of cyclic esters (lactones) is 1. The van der Waals surface area contributed by atoms with Crippen molar-refractivity contribution in [2.24, 2.45) is 5.92 Å². The van der Waals surface area contributed by atoms with E-state index in [9.17, 15) is 9.59 Å². The van der Waals surface area contributed by atoms with Gasteiger partial charge in [-0.15, -0.1) is 0 Å². The quantitative estimate of drug-likeness (QED) is 0.767. The van der Waals surface area contributed by atoms with E-state index < -0.39 is 0 Å². The number of ether oxygens (including phenoxy) is 1. The van der Waals surface area contributed by atoms with Crippen molar-refractivity contribution in [3.8, 4) is 0 Å². The van der Waals surface area contributed by atoms with E-state index in [1.807, 2.05) is 48.9 Å². The van der Waals surface area contributed by atoms with Gasteiger partial charge in [0.2, 0.25) is 0 Å². The third-order valence-electron chi connectivity index (χ3n) is 4.63. The molecule has 1 unspecified atom stereocenters. The number of carbonyl (C=O) groups excluding carboxylic acids is 2. The topological polar surface area (TPSA) is 88.5 Å². The van der Waals surface area contributed by atoms with Crippen molar-refractivity contribution in [3.63, 3.8) is 0 Å². The number of anilines is 1. The molecule has 8 nitrogen and oxygen atoms in total. The molecule has 0 bridgehead atoms. The maximum absolute atomic E-state index is 12.1. The lowest BCUT2D eigenvalue weighted by atomic mass is 10.2. The van der Waals surface area contributed by atoms with E-state index in [2.05, 4.69) is 22.7 Å². The lowest BCUT2D eigenvalue weighted by Crippen LogP contribution is -2.33. The van der Waals surface area contributed by atoms with Crippen molar-refractivity contribution in [2.45, 2.75) is 33.9 Å². The summed E-state index contributed by atoms with van der Waals surface area (Å²) in [6.07, 6.45) is -0.281. The summed E-state index contributed by atoms with van der Waals surface area (Å²) < 4.78 is 6.89. The van der Waals surface area contributed by atoms with Crippen LogP contribution in [0.1, 0.15) is 23.9 Å². The van der Waals surface area contributed by atoms with Gasteiger partial charge in [0.15, 0.2) is 0 Å². The van der Waals surface area contributed by atoms with Crippen molar-refractivity contribution in [2.75, 3.05) is 25.0 Å². The molecule has 28 heavy (non-hydrogen) atoms. The number of urea groups is 1. The van der Waals surface area contributed by atoms with E-state index in [0.29, 0.717) is 31.9 Å². The van der Waals surface area contributed by atoms with E-state index in [1.54, 1.807) is 4.90 Å². The minimum atomic E-state index is -0.281. The van der Waals surface area contributed by atoms with Gasteiger partial charge in [0, 0.05) is 31.0 Å². The zero-order valence-corrected chi connectivity index (χ0v) is 16.6. The first kappa shape index (κ1) is 19.7. The van der Waals surface area contributed by atoms with Crippen LogP contribution in [0.2, 0.25) is 0 Å². The highest BCUT2D eigenvalue weighted by Gasteiger charge is 2.21. The highest BCUT2D eigenvalue weighted by atomic mass is 16.6. The molecule has 1 aliphatic rings. The average molecular weight is 385 g/mol. The Hall–Kier alpha value is -3.03. The third-order valence-corrected chi connectivity index (χ3v) is 4.63. The van der Waals surface area contributed by atoms with Crippen molar-refractivity contribution >= 4 is 17.8 Å². The molecule has 1 atom stereocenters. The summed E-state index contributed by atoms with van der Waals surface area (Å²) in [6.45, 7) is 8.95. The van der Waals surface area contributed by atoms with Crippen molar-refractivity contribution in [3.05, 3.63) is 47.3 Å². The van der Waals surface area contributed by atoms with Gasteiger partial charge in [-0.3, -0.25) is 4.68 Å². The number of nitrogens with zero attached hydrogens (tertiary/aromatic N) is 3. The molecule has 2 heterocycles. The molecule has 8 heteroatoms. The summed E-state index contributed by atoms with van der Waals surface area (Å²) >= 11 is 0. The van der Waals surface area contributed by atoms with Crippen molar-refractivity contribution in [1.82, 2.24) is 20.0 Å². The van der Waals surface area contributed by atoms with E-state index >= 15 is 0 Å². The Morgan fingerprint density at radius 2 is 2.04 bits per heavy atom. The molecule has 2 aromatic rings. The van der Waals surface area contributed by atoms with Gasteiger partial charge >= 0.3 is 12.1 Å². The van der Waals surface area contributed by atoms with Gasteiger partial charge in [-0.2, -0.15) is 5.10 Å². The Bertz CT molecular complexity index is 831. The van der Waals surface area contributed by atoms with Crippen LogP contribution in [0.25, 0.3) is 0 Å². The predicted molar refractivity (Wildman–Crippen MR) is 106 cm³/mol. The first-order valence-electron chi connectivity index (χ1n) is 9.47. The number of amides is 3. The molecule has 2 N–H and O–H groups in total. The number of nitrogens with one attached hydrogen (secondary N) is 2. The number of benzene rings is 1. The molecule has 1 fully saturated rings. The molecule has 0 spiro atoms. The van der Waals surface area contributed by atoms with Gasteiger partial charge in [0.25, 0.3) is 0 Å². The largest absolute Gasteiger partial charge is 0.448 e. The predicted octanol–water partition coefficient (Wildman–Crippen LogP) is 2.91. The number of hydrogen-bond acceptors (Lipinski definition) is 4. The lowest BCUT2D eigenvalue weighted by Gasteiger charge is -2.15. The van der Waals surface area contributed by atoms with Gasteiger partial charge in [0.1, 0.15) is 6.61 Å². The van der Waals surface area contributed by atoms with Crippen LogP contribution < -0.4 is 10.6 Å². The van der Waals surface area contributed by atoms with Crippen LogP contribution >= 0.6 is 0 Å². The SMILES string of the molecule is Cc1cc(C)n(CC(C)CNC(=O)Nc2ccc(CN3CCOC3=O)cc2)n1. The number of hydrogen-bond donors (Lipinski definition) is 2. The summed E-state index contributed by atoms with van der Waals surface area (Å²) in [4.78, 5) is 25.3. The normalized spacial score (nSPS) is 14.7. The Labute approximate surface area is 164 Å². The molecule has 0 aliphatic carbocycles. The molecule has 1 aromatic carbocycles. The molecule has 1 aromatic heterocycles. The van der Waals surface area contributed by atoms with E-state index in [4.69, 9.17) is 4.74 Å². The fourth-order valence-electron chi connectivity index (χ4n) is 3.14. The molecule has 0 radical (unpaired) electrons. The summed E-state index contributed by atoms with van der Waals surface area (Å²) in [6, 6.07) is 9.25. The fraction of sp³-hybridized carbons (Fsp3) is 0.450. The second kappa shape index (κ2) is 8.77. The second-order valence-corrected chi connectivity index (χ2v) is 7.28. The zero-order valence-electron chi connectivity index (χ0n) is 16.6. The maximum Gasteiger partial charge on any atom is 0.410 e. The molecular formula is C20H27N5O3. The molecule has 3 amide bonds. The van der Waals surface area contributed by atoms with E-state index in [1.165, 1.54) is 0 Å². The summed E-state index contributed by atoms with van der Waals surface area (Å²) in [5, 5.41) is 10.2. The smallest absolute Gasteiger partial charge is 0.410 e. The van der Waals surface area contributed by atoms with E-state index in [0.717, 1.165) is 23.5 Å². The van der Waals surface area contributed by atoms with Crippen LogP contribution in [0.4, 0.5) is 15.3 Å². The highest BCUT2D eigenvalue weighted by Crippen LogP contribution is 2.14. The Kier molecular flexibility index (Phi) is 6.18. The summed E-state index contributed by atoms with van der Waals surface area (Å²) in [5.41, 5.74) is 3.82. The number of rotatable bonds is 7. The summed E-state index contributed by atoms with van der Waals surface area (Å²) in [7, 11) is 0. The second-order valence-electron chi connectivity index (χ2n) is 7.28. The first-order valence-corrected chi connectivity index (χ1v) is 9.47. The number of aryl methyl sites for hydroxylation is 2. The van der Waals surface area contributed by atoms with Crippen molar-refractivity contribution in [1.29, 1.82) is 0 Å². The molecular weight excluding hydrogens is 358 g/mol. The van der Waals surface area contributed by atoms with Crippen molar-refractivity contribution < 1.29 is 14.3 Å². The van der Waals surface area contributed by atoms with Crippen LogP contribution in [-0.2, 0) is 17.8 Å². The Morgan fingerprint density at radius 3 is 2.64 bits per heavy atom. The van der Waals surface area contributed by atoms with Crippen LogP contribution in [0, 0.1) is 19.8 Å². The third kappa shape index (κ3) is 5.25. The van der Waals surface area contributed by atoms with Gasteiger partial charge in [-0.05, 0) is 43.5 Å². The zero-order chi connectivity index (χ0) is 20.1. The molecule has 0 saturated carbocycles. The molecule has 1 saturated heterocycles. The van der Waals surface area contributed by atoms with Gasteiger partial charge in [-0.25, -0.2) is 9.59 Å². The van der Waals surface area contributed by atoms with Gasteiger partial charge < -0.3 is 20.3 Å². The first-order chi connectivity index (χ1) is 13.4. The molecule has 3 rings (SSSR count). The maximum atomic E-state index is 12.1. The van der Waals surface area contributed by atoms with Crippen LogP contribution in [0.3, 0.4) is 0 Å². The Balaban J connectivity index is 1.42. The number of aromatic nitrogens is 2. The summed E-state index contributed by atoms with van der Waals surface area (Å²) in [5.74, 6) is 0.256. The molecule has 1 aliphatic heterocycles. The van der Waals surface area contributed by atoms with Gasteiger partial charge in [0.05, 0.1) is 12.2 Å². The molecule has 150 valence electrons. The average Bonchev–Trinajstić information content (AvgIpc) is 3.19. The minimum absolute atomic E-state index is 0.240. The lowest BCUT2D eigenvalue weighted by molar-refractivity contribution is 0.157. The van der Waals surface area contributed by atoms with Crippen LogP contribution in [0.5, 0.6) is 0 Å². The van der Waals surface area contributed by atoms with Crippen LogP contribution in [-0.4, -0.2) is 46.5 Å². The number of carbonyl (C=O) groups is 2. The van der Waals surface area contributed by atoms with Crippen LogP contribution in [0.15, 0.2) is 30.3 Å². The monoisotopic (exact) mass is 385 g/mol.